The molecule has 0 amide bonds. The molecule has 1 aliphatic rings. The lowest BCUT2D eigenvalue weighted by molar-refractivity contribution is -0.0114. The van der Waals surface area contributed by atoms with Gasteiger partial charge in [0.05, 0.1) is 12.3 Å². The van der Waals surface area contributed by atoms with Crippen LogP contribution in [0.2, 0.25) is 0 Å². The van der Waals surface area contributed by atoms with Gasteiger partial charge in [0.15, 0.2) is 0 Å². The molecule has 0 spiro atoms. The topological polar surface area (TPSA) is 53.1 Å². The molecule has 2 aromatic rings. The number of rotatable bonds is 1. The molecule has 4 nitrogen and oxygen atoms in total. The van der Waals surface area contributed by atoms with Crippen molar-refractivity contribution in [2.24, 2.45) is 0 Å². The van der Waals surface area contributed by atoms with E-state index in [9.17, 15) is 0 Å². The van der Waals surface area contributed by atoms with Crippen LogP contribution in [0.25, 0.3) is 5.69 Å². The van der Waals surface area contributed by atoms with Crippen molar-refractivity contribution >= 4 is 5.82 Å². The first-order valence-corrected chi connectivity index (χ1v) is 6.08. The molecular formula is C14H17N3O. The standard InChI is InChI=1S/C14H17N3O/c1-9-4-6-10(7-5-9)17-13(15)11-8-18-14(2,3)12(11)16-17/h4-7H,8,15H2,1-3H3. The smallest absolute Gasteiger partial charge is 0.133 e. The Labute approximate surface area is 106 Å². The minimum atomic E-state index is -0.348. The molecule has 1 aromatic carbocycles. The van der Waals surface area contributed by atoms with Gasteiger partial charge in [-0.05, 0) is 32.9 Å². The molecule has 0 bridgehead atoms. The number of aryl methyl sites for hydroxylation is 1. The summed E-state index contributed by atoms with van der Waals surface area (Å²) in [6.45, 7) is 6.64. The lowest BCUT2D eigenvalue weighted by atomic mass is 10.0. The first-order valence-electron chi connectivity index (χ1n) is 6.08. The summed E-state index contributed by atoms with van der Waals surface area (Å²) in [6, 6.07) is 8.18. The molecule has 0 aliphatic carbocycles. The molecular weight excluding hydrogens is 226 g/mol. The van der Waals surface area contributed by atoms with Crippen LogP contribution in [0.1, 0.15) is 30.7 Å². The van der Waals surface area contributed by atoms with E-state index in [-0.39, 0.29) is 5.60 Å². The molecule has 0 saturated heterocycles. The fourth-order valence-corrected chi connectivity index (χ4v) is 2.29. The number of hydrogen-bond donors (Lipinski definition) is 1. The third-order valence-corrected chi connectivity index (χ3v) is 3.45. The Bertz CT molecular complexity index is 596. The lowest BCUT2D eigenvalue weighted by Gasteiger charge is -2.16. The number of nitrogens with two attached hydrogens (primary N) is 1. The van der Waals surface area contributed by atoms with Gasteiger partial charge in [0.25, 0.3) is 0 Å². The molecule has 4 heteroatoms. The molecule has 0 fully saturated rings. The molecule has 0 saturated carbocycles. The Hall–Kier alpha value is -1.81. The van der Waals surface area contributed by atoms with Gasteiger partial charge < -0.3 is 10.5 Å². The summed E-state index contributed by atoms with van der Waals surface area (Å²) in [5, 5.41) is 4.61. The highest BCUT2D eigenvalue weighted by molar-refractivity contribution is 5.52. The molecule has 0 atom stereocenters. The average molecular weight is 243 g/mol. The molecule has 94 valence electrons. The van der Waals surface area contributed by atoms with E-state index in [0.29, 0.717) is 12.4 Å². The number of anilines is 1. The van der Waals surface area contributed by atoms with E-state index >= 15 is 0 Å². The minimum Gasteiger partial charge on any atom is -0.383 e. The fourth-order valence-electron chi connectivity index (χ4n) is 2.29. The Balaban J connectivity index is 2.13. The van der Waals surface area contributed by atoms with E-state index in [0.717, 1.165) is 16.9 Å². The zero-order valence-corrected chi connectivity index (χ0v) is 10.9. The Morgan fingerprint density at radius 2 is 1.94 bits per heavy atom. The first-order chi connectivity index (χ1) is 8.49. The normalized spacial score (nSPS) is 16.8. The summed E-state index contributed by atoms with van der Waals surface area (Å²) in [4.78, 5) is 0. The van der Waals surface area contributed by atoms with Gasteiger partial charge in [-0.1, -0.05) is 17.7 Å². The predicted molar refractivity (Wildman–Crippen MR) is 70.5 cm³/mol. The van der Waals surface area contributed by atoms with E-state index in [1.165, 1.54) is 5.56 Å². The molecule has 0 radical (unpaired) electrons. The fraction of sp³-hybridized carbons (Fsp3) is 0.357. The van der Waals surface area contributed by atoms with Crippen molar-refractivity contribution < 1.29 is 4.74 Å². The van der Waals surface area contributed by atoms with Gasteiger partial charge in [0, 0.05) is 5.56 Å². The third kappa shape index (κ3) is 1.53. The highest BCUT2D eigenvalue weighted by Gasteiger charge is 2.36. The van der Waals surface area contributed by atoms with Crippen LogP contribution in [-0.2, 0) is 16.9 Å². The molecule has 2 heterocycles. The largest absolute Gasteiger partial charge is 0.383 e. The maximum absolute atomic E-state index is 6.17. The number of ether oxygens (including phenoxy) is 1. The second-order valence-electron chi connectivity index (χ2n) is 5.26. The Morgan fingerprint density at radius 1 is 1.28 bits per heavy atom. The SMILES string of the molecule is Cc1ccc(-n2nc3c(c2N)COC3(C)C)cc1. The van der Waals surface area contributed by atoms with Crippen LogP contribution in [0.3, 0.4) is 0 Å². The highest BCUT2D eigenvalue weighted by Crippen LogP contribution is 2.38. The Morgan fingerprint density at radius 3 is 2.56 bits per heavy atom. The monoisotopic (exact) mass is 243 g/mol. The van der Waals surface area contributed by atoms with Crippen LogP contribution in [0.4, 0.5) is 5.82 Å². The van der Waals surface area contributed by atoms with E-state index in [1.807, 2.05) is 26.0 Å². The number of hydrogen-bond acceptors (Lipinski definition) is 3. The first kappa shape index (κ1) is 11.3. The van der Waals surface area contributed by atoms with Gasteiger partial charge >= 0.3 is 0 Å². The maximum Gasteiger partial charge on any atom is 0.133 e. The van der Waals surface area contributed by atoms with Crippen molar-refractivity contribution in [1.29, 1.82) is 0 Å². The summed E-state index contributed by atoms with van der Waals surface area (Å²) in [5.74, 6) is 0.680. The van der Waals surface area contributed by atoms with Gasteiger partial charge in [0.2, 0.25) is 0 Å². The third-order valence-electron chi connectivity index (χ3n) is 3.45. The average Bonchev–Trinajstić information content (AvgIpc) is 2.80. The van der Waals surface area contributed by atoms with Gasteiger partial charge in [-0.15, -0.1) is 0 Å². The van der Waals surface area contributed by atoms with Gasteiger partial charge in [-0.25, -0.2) is 4.68 Å². The molecule has 1 aliphatic heterocycles. The minimum absolute atomic E-state index is 0.348. The van der Waals surface area contributed by atoms with Crippen LogP contribution >= 0.6 is 0 Å². The van der Waals surface area contributed by atoms with Crippen LogP contribution < -0.4 is 5.73 Å². The summed E-state index contributed by atoms with van der Waals surface area (Å²) >= 11 is 0. The summed E-state index contributed by atoms with van der Waals surface area (Å²) in [7, 11) is 0. The van der Waals surface area contributed by atoms with Crippen LogP contribution in [-0.4, -0.2) is 9.78 Å². The number of aromatic nitrogens is 2. The van der Waals surface area contributed by atoms with Crippen molar-refractivity contribution in [3.05, 3.63) is 41.1 Å². The highest BCUT2D eigenvalue weighted by atomic mass is 16.5. The van der Waals surface area contributed by atoms with E-state index in [2.05, 4.69) is 24.2 Å². The molecule has 2 N–H and O–H groups in total. The summed E-state index contributed by atoms with van der Waals surface area (Å²) in [5.41, 5.74) is 9.99. The molecule has 0 unspecified atom stereocenters. The second-order valence-corrected chi connectivity index (χ2v) is 5.26. The predicted octanol–water partition coefficient (Wildman–Crippen LogP) is 2.53. The number of nitrogen functional groups attached to an aromatic ring is 1. The zero-order valence-electron chi connectivity index (χ0n) is 10.9. The second kappa shape index (κ2) is 3.59. The number of benzene rings is 1. The maximum atomic E-state index is 6.17. The van der Waals surface area contributed by atoms with E-state index < -0.39 is 0 Å². The summed E-state index contributed by atoms with van der Waals surface area (Å²) < 4.78 is 7.49. The molecule has 3 rings (SSSR count). The van der Waals surface area contributed by atoms with Crippen molar-refractivity contribution in [1.82, 2.24) is 9.78 Å². The Kier molecular flexibility index (Phi) is 2.25. The van der Waals surface area contributed by atoms with Crippen LogP contribution in [0.5, 0.6) is 0 Å². The molecule has 1 aromatic heterocycles. The number of nitrogens with zero attached hydrogens (tertiary/aromatic N) is 2. The quantitative estimate of drug-likeness (QED) is 0.837. The van der Waals surface area contributed by atoms with Crippen molar-refractivity contribution in [2.45, 2.75) is 33.0 Å². The van der Waals surface area contributed by atoms with Crippen molar-refractivity contribution in [3.63, 3.8) is 0 Å². The van der Waals surface area contributed by atoms with Gasteiger partial charge in [-0.3, -0.25) is 0 Å². The van der Waals surface area contributed by atoms with Crippen LogP contribution in [0, 0.1) is 6.92 Å². The lowest BCUT2D eigenvalue weighted by Crippen LogP contribution is -2.17. The van der Waals surface area contributed by atoms with Gasteiger partial charge in [0.1, 0.15) is 17.1 Å². The molecule has 18 heavy (non-hydrogen) atoms. The summed E-state index contributed by atoms with van der Waals surface area (Å²) in [6.07, 6.45) is 0. The van der Waals surface area contributed by atoms with Crippen molar-refractivity contribution in [2.75, 3.05) is 5.73 Å². The van der Waals surface area contributed by atoms with E-state index in [4.69, 9.17) is 10.5 Å². The zero-order chi connectivity index (χ0) is 12.9. The van der Waals surface area contributed by atoms with Crippen molar-refractivity contribution in [3.8, 4) is 5.69 Å². The van der Waals surface area contributed by atoms with E-state index in [1.54, 1.807) is 4.68 Å². The number of fused-ring (bicyclic) bond motifs is 1. The van der Waals surface area contributed by atoms with Gasteiger partial charge in [-0.2, -0.15) is 5.10 Å². The van der Waals surface area contributed by atoms with Crippen LogP contribution in [0.15, 0.2) is 24.3 Å².